The molecule has 3 N–H and O–H groups in total. The van der Waals surface area contributed by atoms with Crippen LogP contribution in [0, 0.1) is 0 Å². The van der Waals surface area contributed by atoms with Gasteiger partial charge in [0.25, 0.3) is 0 Å². The van der Waals surface area contributed by atoms with Gasteiger partial charge < -0.3 is 19.7 Å². The molecule has 0 fully saturated rings. The lowest BCUT2D eigenvalue weighted by atomic mass is 9.92. The molecule has 1 aromatic heterocycles. The van der Waals surface area contributed by atoms with Gasteiger partial charge in [0.05, 0.1) is 5.56 Å². The highest BCUT2D eigenvalue weighted by molar-refractivity contribution is 6.28. The quantitative estimate of drug-likeness (QED) is 0.260. The number of phenols is 3. The van der Waals surface area contributed by atoms with Crippen molar-refractivity contribution in [2.75, 3.05) is 0 Å². The molecule has 5 aromatic carbocycles. The second-order valence-electron chi connectivity index (χ2n) is 7.85. The van der Waals surface area contributed by atoms with Gasteiger partial charge in [-0.2, -0.15) is 0 Å². The van der Waals surface area contributed by atoms with Crippen LogP contribution < -0.4 is 0 Å². The highest BCUT2D eigenvalue weighted by atomic mass is 16.3. The Morgan fingerprint density at radius 1 is 0.562 bits per heavy atom. The molecule has 0 spiro atoms. The molecule has 154 valence electrons. The minimum atomic E-state index is 0.123. The summed E-state index contributed by atoms with van der Waals surface area (Å²) >= 11 is 0. The first kappa shape index (κ1) is 18.3. The number of phenolic OH excluding ortho intramolecular Hbond substituents is 3. The smallest absolute Gasteiger partial charge is 0.147 e. The molecule has 0 bridgehead atoms. The van der Waals surface area contributed by atoms with Crippen LogP contribution in [-0.2, 0) is 0 Å². The molecule has 6 rings (SSSR count). The number of hydrogen-bond acceptors (Lipinski definition) is 4. The first-order chi connectivity index (χ1) is 15.6. The van der Waals surface area contributed by atoms with Crippen molar-refractivity contribution in [2.45, 2.75) is 0 Å². The summed E-state index contributed by atoms with van der Waals surface area (Å²) in [4.78, 5) is 0. The molecule has 0 saturated carbocycles. The minimum absolute atomic E-state index is 0.123. The maximum Gasteiger partial charge on any atom is 0.147 e. The Morgan fingerprint density at radius 2 is 1.25 bits per heavy atom. The van der Waals surface area contributed by atoms with Crippen LogP contribution in [0.2, 0.25) is 0 Å². The van der Waals surface area contributed by atoms with Gasteiger partial charge in [0, 0.05) is 16.3 Å². The van der Waals surface area contributed by atoms with E-state index in [2.05, 4.69) is 0 Å². The number of rotatable bonds is 2. The molecule has 6 aromatic rings. The lowest BCUT2D eigenvalue weighted by Crippen LogP contribution is -1.84. The molecule has 32 heavy (non-hydrogen) atoms. The van der Waals surface area contributed by atoms with E-state index >= 15 is 0 Å². The zero-order valence-corrected chi connectivity index (χ0v) is 16.9. The summed E-state index contributed by atoms with van der Waals surface area (Å²) in [5, 5.41) is 35.3. The van der Waals surface area contributed by atoms with Crippen molar-refractivity contribution < 1.29 is 19.7 Å². The SMILES string of the molecule is Oc1ccc(-c2c(-c3ccccc3O)oc3c4ccc(O)cc4c4ccccc4c23)cc1. The van der Waals surface area contributed by atoms with E-state index in [4.69, 9.17) is 4.42 Å². The van der Waals surface area contributed by atoms with E-state index in [-0.39, 0.29) is 17.2 Å². The Labute approximate surface area is 183 Å². The number of furan rings is 1. The van der Waals surface area contributed by atoms with Crippen LogP contribution >= 0.6 is 0 Å². The lowest BCUT2D eigenvalue weighted by molar-refractivity contribution is 0.474. The second kappa shape index (κ2) is 6.79. The summed E-state index contributed by atoms with van der Waals surface area (Å²) in [6, 6.07) is 27.4. The van der Waals surface area contributed by atoms with Gasteiger partial charge in [0.15, 0.2) is 0 Å². The van der Waals surface area contributed by atoms with Crippen molar-refractivity contribution in [3.63, 3.8) is 0 Å². The molecule has 0 atom stereocenters. The number of aromatic hydroxyl groups is 3. The Kier molecular flexibility index (Phi) is 3.89. The normalized spacial score (nSPS) is 11.5. The number of benzene rings is 5. The molecule has 0 aliphatic heterocycles. The fourth-order valence-corrected chi connectivity index (χ4v) is 4.53. The second-order valence-corrected chi connectivity index (χ2v) is 7.85. The predicted molar refractivity (Wildman–Crippen MR) is 127 cm³/mol. The predicted octanol–water partition coefficient (Wildman–Crippen LogP) is 7.19. The van der Waals surface area contributed by atoms with Crippen LogP contribution in [0.3, 0.4) is 0 Å². The van der Waals surface area contributed by atoms with E-state index in [9.17, 15) is 15.3 Å². The summed E-state index contributed by atoms with van der Waals surface area (Å²) in [5.41, 5.74) is 2.97. The molecule has 4 nitrogen and oxygen atoms in total. The van der Waals surface area contributed by atoms with Crippen molar-refractivity contribution in [1.29, 1.82) is 0 Å². The van der Waals surface area contributed by atoms with Gasteiger partial charge in [-0.1, -0.05) is 48.5 Å². The van der Waals surface area contributed by atoms with E-state index in [1.807, 2.05) is 54.6 Å². The van der Waals surface area contributed by atoms with Gasteiger partial charge in [0.2, 0.25) is 0 Å². The van der Waals surface area contributed by atoms with Crippen molar-refractivity contribution in [3.8, 4) is 39.7 Å². The van der Waals surface area contributed by atoms with Gasteiger partial charge in [-0.25, -0.2) is 0 Å². The standard InChI is InChI=1S/C28H18O4/c29-17-11-9-16(10-12-17)25-26-20-6-2-1-5-19(20)23-15-18(30)13-14-21(23)27(26)32-28(25)22-7-3-4-8-24(22)31/h1-15,29-31H. The van der Waals surface area contributed by atoms with Gasteiger partial charge in [-0.05, 0) is 64.2 Å². The molecule has 0 aliphatic rings. The van der Waals surface area contributed by atoms with Gasteiger partial charge in [0.1, 0.15) is 28.6 Å². The molecular weight excluding hydrogens is 400 g/mol. The maximum absolute atomic E-state index is 10.6. The lowest BCUT2D eigenvalue weighted by Gasteiger charge is -2.09. The molecule has 0 aliphatic carbocycles. The molecular formula is C28H18O4. The summed E-state index contributed by atoms with van der Waals surface area (Å²) in [6.45, 7) is 0. The Morgan fingerprint density at radius 3 is 2.03 bits per heavy atom. The summed E-state index contributed by atoms with van der Waals surface area (Å²) in [7, 11) is 0. The molecule has 4 heteroatoms. The molecule has 0 radical (unpaired) electrons. The largest absolute Gasteiger partial charge is 0.508 e. The summed E-state index contributed by atoms with van der Waals surface area (Å²) < 4.78 is 6.51. The zero-order chi connectivity index (χ0) is 21.8. The Hall–Kier alpha value is -4.44. The van der Waals surface area contributed by atoms with Crippen molar-refractivity contribution in [3.05, 3.63) is 91.0 Å². The monoisotopic (exact) mass is 418 g/mol. The summed E-state index contributed by atoms with van der Waals surface area (Å²) in [6.07, 6.45) is 0. The Bertz CT molecular complexity index is 1640. The average Bonchev–Trinajstić information content (AvgIpc) is 3.20. The van der Waals surface area contributed by atoms with Crippen LogP contribution in [0.5, 0.6) is 17.2 Å². The van der Waals surface area contributed by atoms with E-state index in [0.717, 1.165) is 38.1 Å². The fourth-order valence-electron chi connectivity index (χ4n) is 4.53. The zero-order valence-electron chi connectivity index (χ0n) is 16.9. The third-order valence-electron chi connectivity index (χ3n) is 5.95. The van der Waals surface area contributed by atoms with Crippen LogP contribution in [0.1, 0.15) is 0 Å². The van der Waals surface area contributed by atoms with Crippen LogP contribution in [0.15, 0.2) is 95.4 Å². The van der Waals surface area contributed by atoms with Gasteiger partial charge in [-0.3, -0.25) is 0 Å². The summed E-state index contributed by atoms with van der Waals surface area (Å²) in [5.74, 6) is 1.04. The first-order valence-electron chi connectivity index (χ1n) is 10.3. The Balaban J connectivity index is 1.88. The van der Waals surface area contributed by atoms with Crippen LogP contribution in [0.25, 0.3) is 55.0 Å². The van der Waals surface area contributed by atoms with Crippen molar-refractivity contribution in [1.82, 2.24) is 0 Å². The molecule has 0 unspecified atom stereocenters. The first-order valence-corrected chi connectivity index (χ1v) is 10.3. The minimum Gasteiger partial charge on any atom is -0.508 e. The fraction of sp³-hybridized carbons (Fsp3) is 0. The van der Waals surface area contributed by atoms with E-state index in [0.29, 0.717) is 16.9 Å². The van der Waals surface area contributed by atoms with Crippen LogP contribution in [-0.4, -0.2) is 15.3 Å². The number of para-hydroxylation sites is 1. The van der Waals surface area contributed by atoms with E-state index in [1.54, 1.807) is 36.4 Å². The van der Waals surface area contributed by atoms with E-state index in [1.165, 1.54) is 0 Å². The van der Waals surface area contributed by atoms with Crippen LogP contribution in [0.4, 0.5) is 0 Å². The third kappa shape index (κ3) is 2.63. The number of hydrogen-bond donors (Lipinski definition) is 3. The molecule has 0 saturated heterocycles. The van der Waals surface area contributed by atoms with E-state index < -0.39 is 0 Å². The van der Waals surface area contributed by atoms with Gasteiger partial charge >= 0.3 is 0 Å². The highest BCUT2D eigenvalue weighted by Gasteiger charge is 2.24. The maximum atomic E-state index is 10.6. The average molecular weight is 418 g/mol. The van der Waals surface area contributed by atoms with Gasteiger partial charge in [-0.15, -0.1) is 0 Å². The highest BCUT2D eigenvalue weighted by Crippen LogP contribution is 2.49. The van der Waals surface area contributed by atoms with Crippen molar-refractivity contribution in [2.24, 2.45) is 0 Å². The molecule has 1 heterocycles. The van der Waals surface area contributed by atoms with Crippen molar-refractivity contribution >= 4 is 32.5 Å². The number of fused-ring (bicyclic) bond motifs is 6. The third-order valence-corrected chi connectivity index (χ3v) is 5.95. The molecule has 0 amide bonds. The topological polar surface area (TPSA) is 73.8 Å².